The number of fused-ring (bicyclic) bond motifs is 1. The second-order valence-corrected chi connectivity index (χ2v) is 6.15. The Morgan fingerprint density at radius 3 is 2.85 bits per heavy atom. The highest BCUT2D eigenvalue weighted by molar-refractivity contribution is 5.89. The maximum Gasteiger partial charge on any atom is 0.417 e. The van der Waals surface area contributed by atoms with Crippen LogP contribution in [0, 0.1) is 0 Å². The molecule has 1 aliphatic heterocycles. The predicted octanol–water partition coefficient (Wildman–Crippen LogP) is 2.33. The summed E-state index contributed by atoms with van der Waals surface area (Å²) in [4.78, 5) is 18.6. The van der Waals surface area contributed by atoms with E-state index in [1.54, 1.807) is 6.92 Å². The fourth-order valence-electron chi connectivity index (χ4n) is 3.05. The number of carbonyl (C=O) groups is 1. The molecule has 2 aromatic rings. The molecule has 0 bridgehead atoms. The number of hydrogen-bond donors (Lipinski definition) is 1. The molecule has 26 heavy (non-hydrogen) atoms. The van der Waals surface area contributed by atoms with Gasteiger partial charge in [0.15, 0.2) is 5.69 Å². The molecular formula is C17H21F3N4O2. The van der Waals surface area contributed by atoms with Crippen molar-refractivity contribution in [2.75, 3.05) is 32.8 Å². The van der Waals surface area contributed by atoms with E-state index in [0.29, 0.717) is 17.9 Å². The van der Waals surface area contributed by atoms with Crippen molar-refractivity contribution >= 4 is 11.6 Å². The van der Waals surface area contributed by atoms with Gasteiger partial charge in [-0.1, -0.05) is 0 Å². The van der Waals surface area contributed by atoms with Crippen LogP contribution in [0.25, 0.3) is 5.65 Å². The average molecular weight is 370 g/mol. The first kappa shape index (κ1) is 18.7. The fraction of sp³-hybridized carbons (Fsp3) is 0.529. The number of ether oxygens (including phenoxy) is 1. The summed E-state index contributed by atoms with van der Waals surface area (Å²) in [6, 6.07) is 2.25. The summed E-state index contributed by atoms with van der Waals surface area (Å²) in [6.45, 7) is 5.41. The third-order valence-electron chi connectivity index (χ3n) is 4.32. The van der Waals surface area contributed by atoms with Gasteiger partial charge in [-0.2, -0.15) is 13.2 Å². The van der Waals surface area contributed by atoms with Gasteiger partial charge in [0.25, 0.3) is 0 Å². The van der Waals surface area contributed by atoms with Gasteiger partial charge in [-0.05, 0) is 38.6 Å². The summed E-state index contributed by atoms with van der Waals surface area (Å²) in [5.41, 5.74) is 0.00965. The van der Waals surface area contributed by atoms with Crippen LogP contribution >= 0.6 is 0 Å². The maximum absolute atomic E-state index is 13.1. The van der Waals surface area contributed by atoms with Crippen LogP contribution in [0.3, 0.4) is 0 Å². The van der Waals surface area contributed by atoms with Crippen LogP contribution < -0.4 is 5.32 Å². The zero-order chi connectivity index (χ0) is 18.7. The van der Waals surface area contributed by atoms with Crippen LogP contribution in [0.4, 0.5) is 13.2 Å². The van der Waals surface area contributed by atoms with Gasteiger partial charge in [-0.3, -0.25) is 4.90 Å². The molecule has 142 valence electrons. The molecule has 0 atom stereocenters. The molecule has 0 saturated carbocycles. The van der Waals surface area contributed by atoms with Crippen molar-refractivity contribution < 1.29 is 22.7 Å². The number of hydrogen-bond acceptors (Lipinski definition) is 5. The third-order valence-corrected chi connectivity index (χ3v) is 4.32. The largest absolute Gasteiger partial charge is 0.461 e. The standard InChI is InChI=1S/C17H21F3N4O2/c1-2-26-16(25)15-13(11-23-8-3-6-21-7-9-23)24-10-12(17(18,19)20)4-5-14(24)22-15/h4-5,10,21H,2-3,6-9,11H2,1H3. The van der Waals surface area contributed by atoms with Crippen molar-refractivity contribution in [1.29, 1.82) is 0 Å². The van der Waals surface area contributed by atoms with Crippen LogP contribution in [-0.4, -0.2) is 53.0 Å². The zero-order valence-electron chi connectivity index (χ0n) is 14.5. The molecule has 0 aromatic carbocycles. The summed E-state index contributed by atoms with van der Waals surface area (Å²) in [5.74, 6) is -0.618. The van der Waals surface area contributed by atoms with Gasteiger partial charge in [-0.25, -0.2) is 9.78 Å². The predicted molar refractivity (Wildman–Crippen MR) is 88.9 cm³/mol. The molecule has 2 aromatic heterocycles. The first-order chi connectivity index (χ1) is 12.4. The summed E-state index contributed by atoms with van der Waals surface area (Å²) in [5, 5.41) is 3.28. The molecule has 0 radical (unpaired) electrons. The minimum absolute atomic E-state index is 0.0726. The van der Waals surface area contributed by atoms with Crippen molar-refractivity contribution in [2.24, 2.45) is 0 Å². The number of pyridine rings is 1. The van der Waals surface area contributed by atoms with Crippen LogP contribution in [0.5, 0.6) is 0 Å². The minimum atomic E-state index is -4.47. The van der Waals surface area contributed by atoms with Gasteiger partial charge in [0, 0.05) is 25.8 Å². The Balaban J connectivity index is 2.04. The van der Waals surface area contributed by atoms with Crippen molar-refractivity contribution in [3.63, 3.8) is 0 Å². The Kier molecular flexibility index (Phi) is 5.47. The second-order valence-electron chi connectivity index (χ2n) is 6.15. The van der Waals surface area contributed by atoms with Crippen molar-refractivity contribution in [2.45, 2.75) is 26.1 Å². The van der Waals surface area contributed by atoms with Gasteiger partial charge in [0.2, 0.25) is 0 Å². The Morgan fingerprint density at radius 1 is 1.31 bits per heavy atom. The molecule has 0 aliphatic carbocycles. The van der Waals surface area contributed by atoms with E-state index < -0.39 is 17.7 Å². The molecule has 3 heterocycles. The van der Waals surface area contributed by atoms with E-state index >= 15 is 0 Å². The maximum atomic E-state index is 13.1. The molecule has 0 amide bonds. The second kappa shape index (κ2) is 7.63. The molecule has 6 nitrogen and oxygen atoms in total. The first-order valence-corrected chi connectivity index (χ1v) is 8.58. The monoisotopic (exact) mass is 370 g/mol. The Bertz CT molecular complexity index is 780. The van der Waals surface area contributed by atoms with Crippen molar-refractivity contribution in [3.05, 3.63) is 35.3 Å². The highest BCUT2D eigenvalue weighted by atomic mass is 19.4. The average Bonchev–Trinajstić information content (AvgIpc) is 2.76. The van der Waals surface area contributed by atoms with E-state index in [2.05, 4.69) is 15.2 Å². The summed E-state index contributed by atoms with van der Waals surface area (Å²) in [6.07, 6.45) is -2.54. The number of esters is 1. The normalized spacial score (nSPS) is 16.6. The van der Waals surface area contributed by atoms with Gasteiger partial charge >= 0.3 is 12.1 Å². The number of carbonyl (C=O) groups excluding carboxylic acids is 1. The Labute approximate surface area is 148 Å². The number of nitrogens with one attached hydrogen (secondary N) is 1. The van der Waals surface area contributed by atoms with E-state index in [1.807, 2.05) is 0 Å². The molecular weight excluding hydrogens is 349 g/mol. The van der Waals surface area contributed by atoms with E-state index in [4.69, 9.17) is 4.74 Å². The minimum Gasteiger partial charge on any atom is -0.461 e. The highest BCUT2D eigenvalue weighted by Crippen LogP contribution is 2.30. The van der Waals surface area contributed by atoms with Crippen molar-refractivity contribution in [3.8, 4) is 0 Å². The van der Waals surface area contributed by atoms with Crippen LogP contribution in [0.2, 0.25) is 0 Å². The van der Waals surface area contributed by atoms with Crippen LogP contribution in [-0.2, 0) is 17.5 Å². The van der Waals surface area contributed by atoms with Crippen molar-refractivity contribution in [1.82, 2.24) is 19.6 Å². The lowest BCUT2D eigenvalue weighted by Gasteiger charge is -2.20. The number of aromatic nitrogens is 2. The number of nitrogens with zero attached hydrogens (tertiary/aromatic N) is 3. The Morgan fingerprint density at radius 2 is 2.12 bits per heavy atom. The van der Waals surface area contributed by atoms with Crippen LogP contribution in [0.15, 0.2) is 18.3 Å². The van der Waals surface area contributed by atoms with Gasteiger partial charge in [0.1, 0.15) is 5.65 Å². The third kappa shape index (κ3) is 3.99. The SMILES string of the molecule is CCOC(=O)c1nc2ccc(C(F)(F)F)cn2c1CN1CCCNCC1. The summed E-state index contributed by atoms with van der Waals surface area (Å²) in [7, 11) is 0. The lowest BCUT2D eigenvalue weighted by molar-refractivity contribution is -0.137. The lowest BCUT2D eigenvalue weighted by atomic mass is 10.2. The molecule has 3 rings (SSSR count). The smallest absolute Gasteiger partial charge is 0.417 e. The number of rotatable bonds is 4. The highest BCUT2D eigenvalue weighted by Gasteiger charge is 2.32. The topological polar surface area (TPSA) is 58.9 Å². The molecule has 1 fully saturated rings. The summed E-state index contributed by atoms with van der Waals surface area (Å²) < 4.78 is 45.7. The molecule has 9 heteroatoms. The van der Waals surface area contributed by atoms with Gasteiger partial charge < -0.3 is 14.5 Å². The van der Waals surface area contributed by atoms with E-state index in [-0.39, 0.29) is 12.3 Å². The quantitative estimate of drug-likeness (QED) is 0.837. The Hall–Kier alpha value is -2.13. The summed E-state index contributed by atoms with van der Waals surface area (Å²) >= 11 is 0. The fourth-order valence-corrected chi connectivity index (χ4v) is 3.05. The van der Waals surface area contributed by atoms with E-state index in [9.17, 15) is 18.0 Å². The van der Waals surface area contributed by atoms with E-state index in [0.717, 1.165) is 44.9 Å². The van der Waals surface area contributed by atoms with Gasteiger partial charge in [0.05, 0.1) is 17.9 Å². The molecule has 1 saturated heterocycles. The van der Waals surface area contributed by atoms with E-state index in [1.165, 1.54) is 10.5 Å². The lowest BCUT2D eigenvalue weighted by Crippen LogP contribution is -2.29. The number of imidazole rings is 1. The first-order valence-electron chi connectivity index (χ1n) is 8.58. The molecule has 0 unspecified atom stereocenters. The molecule has 1 aliphatic rings. The zero-order valence-corrected chi connectivity index (χ0v) is 14.5. The van der Waals surface area contributed by atoms with Gasteiger partial charge in [-0.15, -0.1) is 0 Å². The molecule has 1 N–H and O–H groups in total. The molecule has 0 spiro atoms. The van der Waals surface area contributed by atoms with Crippen LogP contribution in [0.1, 0.15) is 35.1 Å². The number of alkyl halides is 3. The number of halogens is 3.